The number of ether oxygens (including phenoxy) is 1. The van der Waals surface area contributed by atoms with Gasteiger partial charge in [0.2, 0.25) is 0 Å². The van der Waals surface area contributed by atoms with E-state index < -0.39 is 4.92 Å². The number of methoxy groups -OCH3 is 1. The molecular weight excluding hydrogens is 258 g/mol. The van der Waals surface area contributed by atoms with Crippen molar-refractivity contribution < 1.29 is 9.66 Å². The van der Waals surface area contributed by atoms with Crippen molar-refractivity contribution in [3.8, 4) is 5.75 Å². The lowest BCUT2D eigenvalue weighted by Crippen LogP contribution is -2.36. The van der Waals surface area contributed by atoms with Crippen LogP contribution in [-0.2, 0) is 6.54 Å². The molecule has 0 amide bonds. The van der Waals surface area contributed by atoms with Gasteiger partial charge < -0.3 is 10.1 Å². The van der Waals surface area contributed by atoms with Crippen LogP contribution in [-0.4, -0.2) is 43.1 Å². The van der Waals surface area contributed by atoms with E-state index in [9.17, 15) is 10.1 Å². The average Bonchev–Trinajstić information content (AvgIpc) is 2.86. The molecule has 0 radical (unpaired) electrons. The topological polar surface area (TPSA) is 67.6 Å². The van der Waals surface area contributed by atoms with Crippen molar-refractivity contribution in [3.05, 3.63) is 33.9 Å². The van der Waals surface area contributed by atoms with Crippen LogP contribution in [0.2, 0.25) is 0 Å². The van der Waals surface area contributed by atoms with Crippen LogP contribution >= 0.6 is 0 Å². The van der Waals surface area contributed by atoms with Crippen molar-refractivity contribution in [2.45, 2.75) is 25.4 Å². The second kappa shape index (κ2) is 6.67. The van der Waals surface area contributed by atoms with Gasteiger partial charge in [0.25, 0.3) is 0 Å². The second-order valence-electron chi connectivity index (χ2n) is 5.09. The molecule has 1 unspecified atom stereocenters. The predicted molar refractivity (Wildman–Crippen MR) is 77.0 cm³/mol. The molecule has 1 saturated heterocycles. The van der Waals surface area contributed by atoms with E-state index in [0.717, 1.165) is 25.2 Å². The van der Waals surface area contributed by atoms with Crippen LogP contribution in [0, 0.1) is 10.1 Å². The molecule has 0 spiro atoms. The molecule has 6 heteroatoms. The monoisotopic (exact) mass is 279 g/mol. The van der Waals surface area contributed by atoms with Crippen LogP contribution in [0.4, 0.5) is 5.69 Å². The summed E-state index contributed by atoms with van der Waals surface area (Å²) in [5.74, 6) is 0.312. The minimum atomic E-state index is -0.391. The van der Waals surface area contributed by atoms with E-state index in [1.807, 2.05) is 13.1 Å². The molecule has 0 saturated carbocycles. The van der Waals surface area contributed by atoms with Gasteiger partial charge in [-0.3, -0.25) is 15.0 Å². The molecular formula is C14H21N3O3. The Hall–Kier alpha value is -1.66. The summed E-state index contributed by atoms with van der Waals surface area (Å²) >= 11 is 0. The van der Waals surface area contributed by atoms with Gasteiger partial charge in [-0.2, -0.15) is 0 Å². The van der Waals surface area contributed by atoms with Gasteiger partial charge in [0.1, 0.15) is 0 Å². The third-order valence-corrected chi connectivity index (χ3v) is 3.76. The first-order valence-electron chi connectivity index (χ1n) is 6.85. The highest BCUT2D eigenvalue weighted by Crippen LogP contribution is 2.29. The van der Waals surface area contributed by atoms with Gasteiger partial charge in [-0.05, 0) is 38.1 Å². The third kappa shape index (κ3) is 3.26. The molecule has 6 nitrogen and oxygen atoms in total. The Morgan fingerprint density at radius 1 is 1.55 bits per heavy atom. The first kappa shape index (κ1) is 14.7. The Bertz CT molecular complexity index is 479. The van der Waals surface area contributed by atoms with Gasteiger partial charge in [0, 0.05) is 25.2 Å². The summed E-state index contributed by atoms with van der Waals surface area (Å²) in [6, 6.07) is 5.71. The largest absolute Gasteiger partial charge is 0.490 e. The van der Waals surface area contributed by atoms with Gasteiger partial charge >= 0.3 is 5.69 Å². The number of hydrogen-bond acceptors (Lipinski definition) is 5. The molecule has 0 aromatic heterocycles. The molecule has 1 aromatic rings. The first-order chi connectivity index (χ1) is 9.65. The van der Waals surface area contributed by atoms with E-state index >= 15 is 0 Å². The van der Waals surface area contributed by atoms with Gasteiger partial charge in [0.05, 0.1) is 12.0 Å². The highest BCUT2D eigenvalue weighted by atomic mass is 16.6. The van der Waals surface area contributed by atoms with Crippen LogP contribution in [0.3, 0.4) is 0 Å². The maximum Gasteiger partial charge on any atom is 0.311 e. The Kier molecular flexibility index (Phi) is 4.92. The van der Waals surface area contributed by atoms with Crippen molar-refractivity contribution in [2.75, 3.05) is 27.2 Å². The van der Waals surface area contributed by atoms with E-state index in [-0.39, 0.29) is 5.69 Å². The number of nitrogens with one attached hydrogen (secondary N) is 1. The van der Waals surface area contributed by atoms with Gasteiger partial charge in [-0.15, -0.1) is 0 Å². The fourth-order valence-corrected chi connectivity index (χ4v) is 2.78. The maximum absolute atomic E-state index is 11.0. The Morgan fingerprint density at radius 3 is 3.00 bits per heavy atom. The lowest BCUT2D eigenvalue weighted by molar-refractivity contribution is -0.385. The molecule has 1 heterocycles. The number of likely N-dealkylation sites (N-methyl/N-ethyl adjacent to an activating group) is 1. The van der Waals surface area contributed by atoms with E-state index in [1.54, 1.807) is 12.1 Å². The summed E-state index contributed by atoms with van der Waals surface area (Å²) in [4.78, 5) is 13.0. The third-order valence-electron chi connectivity index (χ3n) is 3.76. The fraction of sp³-hybridized carbons (Fsp3) is 0.571. The number of nitro benzene ring substituents is 1. The number of rotatable bonds is 6. The quantitative estimate of drug-likeness (QED) is 0.635. The minimum absolute atomic E-state index is 0.0364. The molecule has 0 aliphatic carbocycles. The number of benzene rings is 1. The maximum atomic E-state index is 11.0. The van der Waals surface area contributed by atoms with Crippen molar-refractivity contribution in [1.29, 1.82) is 0 Å². The predicted octanol–water partition coefficient (Wildman–Crippen LogP) is 1.79. The smallest absolute Gasteiger partial charge is 0.311 e. The van der Waals surface area contributed by atoms with Crippen molar-refractivity contribution in [3.63, 3.8) is 0 Å². The molecule has 2 rings (SSSR count). The Labute approximate surface area is 118 Å². The van der Waals surface area contributed by atoms with E-state index in [2.05, 4.69) is 10.2 Å². The molecule has 1 aliphatic heterocycles. The average molecular weight is 279 g/mol. The van der Waals surface area contributed by atoms with Crippen molar-refractivity contribution >= 4 is 5.69 Å². The summed E-state index contributed by atoms with van der Waals surface area (Å²) in [6.45, 7) is 2.75. The van der Waals surface area contributed by atoms with Gasteiger partial charge in [0.15, 0.2) is 5.75 Å². The number of nitro groups is 1. The van der Waals surface area contributed by atoms with Crippen LogP contribution in [0.15, 0.2) is 18.2 Å². The molecule has 20 heavy (non-hydrogen) atoms. The number of nitrogens with zero attached hydrogens (tertiary/aromatic N) is 2. The van der Waals surface area contributed by atoms with E-state index in [0.29, 0.717) is 11.8 Å². The Morgan fingerprint density at radius 2 is 2.35 bits per heavy atom. The number of likely N-dealkylation sites (tertiary alicyclic amines) is 1. The van der Waals surface area contributed by atoms with Crippen LogP contribution < -0.4 is 10.1 Å². The Balaban J connectivity index is 2.13. The lowest BCUT2D eigenvalue weighted by atomic mass is 10.1. The SMILES string of the molecule is CNCC1CCCN1Cc1ccc(OC)c([N+](=O)[O-])c1. The summed E-state index contributed by atoms with van der Waals surface area (Å²) in [7, 11) is 3.40. The summed E-state index contributed by atoms with van der Waals surface area (Å²) in [5, 5.41) is 14.2. The molecule has 0 bridgehead atoms. The normalized spacial score (nSPS) is 19.2. The van der Waals surface area contributed by atoms with E-state index in [4.69, 9.17) is 4.74 Å². The summed E-state index contributed by atoms with van der Waals surface area (Å²) < 4.78 is 5.03. The fourth-order valence-electron chi connectivity index (χ4n) is 2.78. The van der Waals surface area contributed by atoms with Crippen molar-refractivity contribution in [1.82, 2.24) is 10.2 Å². The number of hydrogen-bond donors (Lipinski definition) is 1. The molecule has 1 aliphatic rings. The highest BCUT2D eigenvalue weighted by molar-refractivity contribution is 5.48. The molecule has 1 atom stereocenters. The standard InChI is InChI=1S/C14H21N3O3/c1-15-9-12-4-3-7-16(12)10-11-5-6-14(20-2)13(8-11)17(18)19/h5-6,8,12,15H,3-4,7,9-10H2,1-2H3. The molecule has 110 valence electrons. The van der Waals surface area contributed by atoms with Crippen molar-refractivity contribution in [2.24, 2.45) is 0 Å². The van der Waals surface area contributed by atoms with E-state index in [1.165, 1.54) is 20.0 Å². The van der Waals surface area contributed by atoms with Gasteiger partial charge in [-0.1, -0.05) is 6.07 Å². The zero-order valence-electron chi connectivity index (χ0n) is 12.0. The molecule has 1 aromatic carbocycles. The van der Waals surface area contributed by atoms with Crippen LogP contribution in [0.1, 0.15) is 18.4 Å². The highest BCUT2D eigenvalue weighted by Gasteiger charge is 2.24. The second-order valence-corrected chi connectivity index (χ2v) is 5.09. The molecule has 1 fully saturated rings. The molecule has 1 N–H and O–H groups in total. The van der Waals surface area contributed by atoms with Crippen LogP contribution in [0.5, 0.6) is 5.75 Å². The first-order valence-corrected chi connectivity index (χ1v) is 6.85. The van der Waals surface area contributed by atoms with Crippen LogP contribution in [0.25, 0.3) is 0 Å². The minimum Gasteiger partial charge on any atom is -0.490 e. The lowest BCUT2D eigenvalue weighted by Gasteiger charge is -2.24. The zero-order valence-corrected chi connectivity index (χ0v) is 12.0. The zero-order chi connectivity index (χ0) is 14.5. The summed E-state index contributed by atoms with van der Waals surface area (Å²) in [6.07, 6.45) is 2.36. The summed E-state index contributed by atoms with van der Waals surface area (Å²) in [5.41, 5.74) is 0.995. The van der Waals surface area contributed by atoms with Gasteiger partial charge in [-0.25, -0.2) is 0 Å².